The van der Waals surface area contributed by atoms with E-state index in [4.69, 9.17) is 19.6 Å². The number of anilines is 1. The lowest BCUT2D eigenvalue weighted by molar-refractivity contribution is -0.116. The molecule has 0 saturated carbocycles. The number of methoxy groups -OCH3 is 2. The third-order valence-electron chi connectivity index (χ3n) is 5.79. The molecule has 1 N–H and O–H groups in total. The zero-order valence-corrected chi connectivity index (χ0v) is 18.8. The van der Waals surface area contributed by atoms with E-state index in [0.29, 0.717) is 29.0 Å². The van der Waals surface area contributed by atoms with Crippen molar-refractivity contribution in [2.45, 2.75) is 36.2 Å². The third kappa shape index (κ3) is 3.75. The number of Topliss-reactive ketones (excluding diaryl/α,β-unsaturated/α-hetero) is 1. The molecule has 0 saturated heterocycles. The number of carbonyl (C=O) groups is 1. The van der Waals surface area contributed by atoms with Gasteiger partial charge >= 0.3 is 0 Å². The van der Waals surface area contributed by atoms with Crippen LogP contribution in [0.15, 0.2) is 65.0 Å². The van der Waals surface area contributed by atoms with Crippen LogP contribution in [-0.4, -0.2) is 34.8 Å². The first-order valence-corrected chi connectivity index (χ1v) is 11.5. The first-order valence-electron chi connectivity index (χ1n) is 10.6. The summed E-state index contributed by atoms with van der Waals surface area (Å²) in [6.45, 7) is 0. The zero-order valence-electron chi connectivity index (χ0n) is 18.0. The second-order valence-electron chi connectivity index (χ2n) is 7.74. The normalized spacial score (nSPS) is 17.4. The van der Waals surface area contributed by atoms with Crippen molar-refractivity contribution < 1.29 is 14.3 Å². The van der Waals surface area contributed by atoms with E-state index in [1.165, 1.54) is 5.56 Å². The van der Waals surface area contributed by atoms with Crippen molar-refractivity contribution in [1.82, 2.24) is 14.8 Å². The van der Waals surface area contributed by atoms with Crippen LogP contribution in [0.2, 0.25) is 0 Å². The van der Waals surface area contributed by atoms with E-state index in [1.54, 1.807) is 26.0 Å². The Morgan fingerprint density at radius 2 is 1.97 bits per heavy atom. The Bertz CT molecular complexity index is 1190. The lowest BCUT2D eigenvalue weighted by Gasteiger charge is -2.32. The van der Waals surface area contributed by atoms with Gasteiger partial charge in [0.1, 0.15) is 17.5 Å². The number of ketones is 1. The number of allylic oxidation sites excluding steroid dienone is 2. The maximum Gasteiger partial charge on any atom is 0.227 e. The number of rotatable bonds is 6. The zero-order chi connectivity index (χ0) is 22.1. The fourth-order valence-corrected chi connectivity index (χ4v) is 5.05. The molecule has 3 aromatic rings. The molecule has 2 heterocycles. The van der Waals surface area contributed by atoms with Gasteiger partial charge in [-0.15, -0.1) is 5.10 Å². The van der Waals surface area contributed by atoms with Gasteiger partial charge in [-0.1, -0.05) is 42.1 Å². The highest BCUT2D eigenvalue weighted by Gasteiger charge is 2.38. The van der Waals surface area contributed by atoms with Crippen molar-refractivity contribution >= 4 is 23.5 Å². The predicted octanol–water partition coefficient (Wildman–Crippen LogP) is 4.61. The number of nitrogens with zero attached hydrogens (tertiary/aromatic N) is 3. The Morgan fingerprint density at radius 1 is 1.12 bits per heavy atom. The van der Waals surface area contributed by atoms with Gasteiger partial charge in [0, 0.05) is 29.0 Å². The molecule has 0 bridgehead atoms. The monoisotopic (exact) mass is 448 g/mol. The Balaban J connectivity index is 1.58. The van der Waals surface area contributed by atoms with Crippen molar-refractivity contribution in [3.8, 4) is 11.5 Å². The number of carbonyl (C=O) groups excluding carboxylic acids is 1. The maximum absolute atomic E-state index is 13.1. The van der Waals surface area contributed by atoms with Crippen LogP contribution in [0.25, 0.3) is 0 Å². The van der Waals surface area contributed by atoms with Gasteiger partial charge in [0.25, 0.3) is 0 Å². The molecular weight excluding hydrogens is 424 g/mol. The molecule has 8 heteroatoms. The summed E-state index contributed by atoms with van der Waals surface area (Å²) in [5.41, 5.74) is 3.70. The highest BCUT2D eigenvalue weighted by Crippen LogP contribution is 2.44. The van der Waals surface area contributed by atoms with Crippen LogP contribution in [0.3, 0.4) is 0 Å². The van der Waals surface area contributed by atoms with Crippen LogP contribution < -0.4 is 14.8 Å². The smallest absolute Gasteiger partial charge is 0.227 e. The van der Waals surface area contributed by atoms with Gasteiger partial charge in [-0.3, -0.25) is 4.79 Å². The number of nitrogens with one attached hydrogen (secondary N) is 1. The summed E-state index contributed by atoms with van der Waals surface area (Å²) < 4.78 is 12.9. The minimum atomic E-state index is -0.419. The quantitative estimate of drug-likeness (QED) is 0.552. The molecular formula is C24H24N4O3S. The fourth-order valence-electron chi connectivity index (χ4n) is 4.26. The molecule has 1 aromatic heterocycles. The molecule has 32 heavy (non-hydrogen) atoms. The molecule has 0 unspecified atom stereocenters. The number of fused-ring (bicyclic) bond motifs is 1. The minimum Gasteiger partial charge on any atom is -0.497 e. The van der Waals surface area contributed by atoms with Crippen LogP contribution in [0.4, 0.5) is 5.95 Å². The number of hydrogen-bond donors (Lipinski definition) is 1. The highest BCUT2D eigenvalue weighted by molar-refractivity contribution is 7.98. The number of thioether (sulfide) groups is 1. The molecule has 7 nitrogen and oxygen atoms in total. The molecule has 0 radical (unpaired) electrons. The number of benzene rings is 2. The fraction of sp³-hybridized carbons (Fsp3) is 0.292. The van der Waals surface area contributed by atoms with Gasteiger partial charge in [0.15, 0.2) is 5.78 Å². The summed E-state index contributed by atoms with van der Waals surface area (Å²) in [4.78, 5) is 17.8. The lowest BCUT2D eigenvalue weighted by Crippen LogP contribution is -2.31. The van der Waals surface area contributed by atoms with Crippen LogP contribution in [0.1, 0.15) is 36.4 Å². The summed E-state index contributed by atoms with van der Waals surface area (Å²) in [5.74, 6) is 2.92. The van der Waals surface area contributed by atoms with Crippen molar-refractivity contribution in [2.24, 2.45) is 0 Å². The molecule has 2 aromatic carbocycles. The summed E-state index contributed by atoms with van der Waals surface area (Å²) >= 11 is 1.57. The summed E-state index contributed by atoms with van der Waals surface area (Å²) in [5, 5.41) is 8.84. The van der Waals surface area contributed by atoms with Crippen LogP contribution in [0, 0.1) is 0 Å². The van der Waals surface area contributed by atoms with Gasteiger partial charge in [-0.05, 0) is 36.6 Å². The first kappa shape index (κ1) is 20.6. The maximum atomic E-state index is 13.1. The molecule has 1 aliphatic carbocycles. The van der Waals surface area contributed by atoms with Gasteiger partial charge in [-0.2, -0.15) is 4.98 Å². The standard InChI is InChI=1S/C24H24N4O3S/c1-30-16-11-12-20(31-2)17(13-16)22-21-18(9-6-10-19(21)29)25-23-26-24(27-28(22)23)32-14-15-7-4-3-5-8-15/h3-5,7-8,11-13,22H,6,9-10,14H2,1-2H3,(H,25,26,27)/t22-/m0/s1. The molecule has 1 atom stereocenters. The van der Waals surface area contributed by atoms with Crippen LogP contribution in [-0.2, 0) is 10.5 Å². The molecule has 1 aliphatic heterocycles. The summed E-state index contributed by atoms with van der Waals surface area (Å²) in [6, 6.07) is 15.5. The Hall–Kier alpha value is -3.26. The molecule has 0 spiro atoms. The lowest BCUT2D eigenvalue weighted by atomic mass is 9.85. The van der Waals surface area contributed by atoms with E-state index < -0.39 is 6.04 Å². The summed E-state index contributed by atoms with van der Waals surface area (Å²) in [6.07, 6.45) is 2.17. The molecule has 2 aliphatic rings. The molecule has 0 amide bonds. The molecule has 0 fully saturated rings. The molecule has 5 rings (SSSR count). The predicted molar refractivity (Wildman–Crippen MR) is 123 cm³/mol. The van der Waals surface area contributed by atoms with Crippen molar-refractivity contribution in [3.05, 3.63) is 70.9 Å². The SMILES string of the molecule is COc1ccc(OC)c([C@H]2C3=C(CCCC3=O)Nc3nc(SCc4ccccc4)nn32)c1. The second-order valence-corrected chi connectivity index (χ2v) is 8.68. The number of ether oxygens (including phenoxy) is 2. The Labute approximate surface area is 190 Å². The second kappa shape index (κ2) is 8.70. The van der Waals surface area contributed by atoms with Gasteiger partial charge < -0.3 is 14.8 Å². The average Bonchev–Trinajstić information content (AvgIpc) is 3.24. The van der Waals surface area contributed by atoms with Crippen molar-refractivity contribution in [1.29, 1.82) is 0 Å². The topological polar surface area (TPSA) is 78.3 Å². The van der Waals surface area contributed by atoms with Crippen molar-refractivity contribution in [3.63, 3.8) is 0 Å². The minimum absolute atomic E-state index is 0.133. The number of aromatic nitrogens is 3. The van der Waals surface area contributed by atoms with Gasteiger partial charge in [-0.25, -0.2) is 4.68 Å². The van der Waals surface area contributed by atoms with Crippen LogP contribution in [0.5, 0.6) is 11.5 Å². The Kier molecular flexibility index (Phi) is 5.61. The van der Waals surface area contributed by atoms with E-state index in [-0.39, 0.29) is 5.78 Å². The van der Waals surface area contributed by atoms with Crippen molar-refractivity contribution in [2.75, 3.05) is 19.5 Å². The third-order valence-corrected chi connectivity index (χ3v) is 6.70. The highest BCUT2D eigenvalue weighted by atomic mass is 32.2. The first-order chi connectivity index (χ1) is 15.7. The van der Waals surface area contributed by atoms with E-state index in [0.717, 1.165) is 35.4 Å². The van der Waals surface area contributed by atoms with Gasteiger partial charge in [0.2, 0.25) is 11.1 Å². The van der Waals surface area contributed by atoms with Gasteiger partial charge in [0.05, 0.1) is 14.2 Å². The summed E-state index contributed by atoms with van der Waals surface area (Å²) in [7, 11) is 3.26. The average molecular weight is 449 g/mol. The van der Waals surface area contributed by atoms with Crippen LogP contribution >= 0.6 is 11.8 Å². The van der Waals surface area contributed by atoms with E-state index in [1.807, 2.05) is 41.1 Å². The molecule has 164 valence electrons. The number of hydrogen-bond acceptors (Lipinski definition) is 7. The largest absolute Gasteiger partial charge is 0.497 e. The van der Waals surface area contributed by atoms with E-state index in [9.17, 15) is 4.79 Å². The van der Waals surface area contributed by atoms with E-state index >= 15 is 0 Å². The Morgan fingerprint density at radius 3 is 2.75 bits per heavy atom. The van der Waals surface area contributed by atoms with E-state index in [2.05, 4.69) is 17.4 Å².